The lowest BCUT2D eigenvalue weighted by Crippen LogP contribution is -2.50. The Hall–Kier alpha value is -4.41. The van der Waals surface area contributed by atoms with Crippen LogP contribution in [0.4, 0.5) is 4.79 Å². The second-order valence-corrected chi connectivity index (χ2v) is 10.7. The van der Waals surface area contributed by atoms with Gasteiger partial charge >= 0.3 is 12.1 Å². The van der Waals surface area contributed by atoms with E-state index in [9.17, 15) is 44.4 Å². The fraction of sp³-hybridized carbons (Fsp3) is 0.433. The number of benzene rings is 2. The number of imide groups is 1. The average Bonchev–Trinajstić information content (AvgIpc) is 3.54. The minimum atomic E-state index is -1.90. The van der Waals surface area contributed by atoms with Gasteiger partial charge in [-0.15, -0.1) is 5.06 Å². The first-order chi connectivity index (χ1) is 21.5. The fourth-order valence-electron chi connectivity index (χ4n) is 5.11. The van der Waals surface area contributed by atoms with E-state index in [4.69, 9.17) is 14.7 Å². The summed E-state index contributed by atoms with van der Waals surface area (Å²) in [5.74, 6) is -3.72. The normalized spacial score (nSPS) is 17.5. The molecule has 2 aromatic rings. The van der Waals surface area contributed by atoms with Crippen LogP contribution in [0.2, 0.25) is 0 Å². The molecule has 1 heterocycles. The summed E-state index contributed by atoms with van der Waals surface area (Å²) in [6.45, 7) is -1.52. The lowest BCUT2D eigenvalue weighted by molar-refractivity contribution is -0.199. The maximum absolute atomic E-state index is 12.9. The van der Waals surface area contributed by atoms with Crippen LogP contribution in [-0.2, 0) is 28.8 Å². The highest BCUT2D eigenvalue weighted by atomic mass is 16.7. The second kappa shape index (κ2) is 15.0. The summed E-state index contributed by atoms with van der Waals surface area (Å²) in [5.41, 5.74) is 3.92. The number of alkyl carbamates (subject to hydrolysis) is 1. The molecule has 15 nitrogen and oxygen atoms in total. The van der Waals surface area contributed by atoms with E-state index >= 15 is 0 Å². The van der Waals surface area contributed by atoms with Gasteiger partial charge in [0.2, 0.25) is 5.91 Å². The van der Waals surface area contributed by atoms with Crippen LogP contribution in [0.15, 0.2) is 48.5 Å². The summed E-state index contributed by atoms with van der Waals surface area (Å²) in [6.07, 6.45) is -9.39. The van der Waals surface area contributed by atoms with E-state index < -0.39 is 79.8 Å². The van der Waals surface area contributed by atoms with Gasteiger partial charge in [-0.2, -0.15) is 0 Å². The molecule has 15 heteroatoms. The molecule has 2 aromatic carbocycles. The van der Waals surface area contributed by atoms with Crippen molar-refractivity contribution in [3.05, 3.63) is 59.7 Å². The zero-order valence-corrected chi connectivity index (χ0v) is 24.1. The maximum Gasteiger partial charge on any atom is 0.407 e. The molecule has 0 radical (unpaired) electrons. The van der Waals surface area contributed by atoms with E-state index in [-0.39, 0.29) is 31.8 Å². The molecule has 5 atom stereocenters. The van der Waals surface area contributed by atoms with Crippen molar-refractivity contribution in [3.63, 3.8) is 0 Å². The second-order valence-electron chi connectivity index (χ2n) is 10.7. The Labute approximate surface area is 257 Å². The first kappa shape index (κ1) is 33.5. The topological polar surface area (TPSA) is 232 Å². The lowest BCUT2D eigenvalue weighted by Gasteiger charge is -2.25. The van der Waals surface area contributed by atoms with Crippen molar-refractivity contribution in [2.45, 2.75) is 62.1 Å². The molecule has 1 saturated heterocycles. The highest BCUT2D eigenvalue weighted by Crippen LogP contribution is 2.44. The van der Waals surface area contributed by atoms with Crippen LogP contribution in [0.1, 0.15) is 42.7 Å². The smallest absolute Gasteiger partial charge is 0.407 e. The van der Waals surface area contributed by atoms with Crippen LogP contribution < -0.4 is 10.6 Å². The summed E-state index contributed by atoms with van der Waals surface area (Å²) in [7, 11) is 0. The van der Waals surface area contributed by atoms with Gasteiger partial charge in [0, 0.05) is 31.7 Å². The number of aliphatic hydroxyl groups is 5. The molecule has 4 rings (SSSR count). The molecule has 0 unspecified atom stereocenters. The highest BCUT2D eigenvalue weighted by Gasteiger charge is 2.36. The first-order valence-corrected chi connectivity index (χ1v) is 14.3. The molecule has 0 bridgehead atoms. The summed E-state index contributed by atoms with van der Waals surface area (Å²) < 4.78 is 5.47. The minimum Gasteiger partial charge on any atom is -0.449 e. The van der Waals surface area contributed by atoms with Crippen LogP contribution >= 0.6 is 0 Å². The summed E-state index contributed by atoms with van der Waals surface area (Å²) >= 11 is 0. The monoisotopic (exact) mass is 629 g/mol. The van der Waals surface area contributed by atoms with Crippen molar-refractivity contribution in [1.29, 1.82) is 0 Å². The SMILES string of the molecule is O=C(CC[C@H](NC(=O)OCC1c2ccccc2-c2ccccc21)C(=O)ON1C(=O)CCC1=O)NC[C@H](O)[C@@H](O)[C@H](O)[C@H](O)CO. The van der Waals surface area contributed by atoms with Crippen molar-refractivity contribution >= 4 is 29.8 Å². The van der Waals surface area contributed by atoms with Gasteiger partial charge in [0.1, 0.15) is 31.0 Å². The number of amides is 4. The molecule has 2 aliphatic rings. The molecular weight excluding hydrogens is 594 g/mol. The molecular formula is C30H35N3O12. The molecule has 1 aliphatic carbocycles. The van der Waals surface area contributed by atoms with Crippen LogP contribution in [0.3, 0.4) is 0 Å². The van der Waals surface area contributed by atoms with Crippen LogP contribution in [0.5, 0.6) is 0 Å². The zero-order valence-electron chi connectivity index (χ0n) is 24.1. The zero-order chi connectivity index (χ0) is 32.7. The Bertz CT molecular complexity index is 1360. The van der Waals surface area contributed by atoms with Gasteiger partial charge in [-0.1, -0.05) is 48.5 Å². The standard InChI is InChI=1S/C30H35N3O12/c34-14-23(36)28(41)27(40)22(35)13-31-24(37)10-9-21(29(42)45-33-25(38)11-12-26(33)39)32-30(43)44-15-20-18-7-3-1-5-16(18)17-6-2-4-8-19(17)20/h1-8,20-23,27-28,34-36,40-41H,9-15H2,(H,31,37)(H,32,43)/t21-,22-,23+,27+,28+/m0/s1. The number of ether oxygens (including phenoxy) is 1. The van der Waals surface area contributed by atoms with E-state index in [1.54, 1.807) is 0 Å². The third-order valence-corrected chi connectivity index (χ3v) is 7.60. The number of nitrogens with one attached hydrogen (secondary N) is 2. The number of aliphatic hydroxyl groups excluding tert-OH is 5. The average molecular weight is 630 g/mol. The van der Waals surface area contributed by atoms with E-state index in [1.165, 1.54) is 0 Å². The molecule has 1 fully saturated rings. The van der Waals surface area contributed by atoms with Gasteiger partial charge < -0.3 is 45.7 Å². The summed E-state index contributed by atoms with van der Waals surface area (Å²) in [4.78, 5) is 67.1. The molecule has 45 heavy (non-hydrogen) atoms. The molecule has 1 aliphatic heterocycles. The minimum absolute atomic E-state index is 0.0811. The van der Waals surface area contributed by atoms with Crippen LogP contribution in [0.25, 0.3) is 11.1 Å². The van der Waals surface area contributed by atoms with Crippen molar-refractivity contribution in [2.75, 3.05) is 19.8 Å². The first-order valence-electron chi connectivity index (χ1n) is 14.3. The van der Waals surface area contributed by atoms with E-state index in [1.807, 2.05) is 48.5 Å². The van der Waals surface area contributed by atoms with Crippen LogP contribution in [0, 0.1) is 0 Å². The predicted molar refractivity (Wildman–Crippen MR) is 153 cm³/mol. The van der Waals surface area contributed by atoms with E-state index in [2.05, 4.69) is 10.6 Å². The fourth-order valence-corrected chi connectivity index (χ4v) is 5.11. The Balaban J connectivity index is 1.37. The van der Waals surface area contributed by atoms with Crippen molar-refractivity contribution in [3.8, 4) is 11.1 Å². The van der Waals surface area contributed by atoms with E-state index in [0.29, 0.717) is 5.06 Å². The number of fused-ring (bicyclic) bond motifs is 3. The number of rotatable bonds is 14. The quantitative estimate of drug-likeness (QED) is 0.123. The van der Waals surface area contributed by atoms with Gasteiger partial charge in [0.15, 0.2) is 0 Å². The molecule has 0 saturated carbocycles. The number of hydroxylamine groups is 2. The lowest BCUT2D eigenvalue weighted by atomic mass is 9.98. The number of carbonyl (C=O) groups is 5. The summed E-state index contributed by atoms with van der Waals surface area (Å²) in [5, 5.41) is 52.8. The van der Waals surface area contributed by atoms with Crippen molar-refractivity contribution in [1.82, 2.24) is 15.7 Å². The predicted octanol–water partition coefficient (Wildman–Crippen LogP) is -1.17. The Morgan fingerprint density at radius 1 is 0.867 bits per heavy atom. The molecule has 7 N–H and O–H groups in total. The molecule has 4 amide bonds. The largest absolute Gasteiger partial charge is 0.449 e. The van der Waals surface area contributed by atoms with Gasteiger partial charge in [0.05, 0.1) is 12.7 Å². The molecule has 0 spiro atoms. The number of carbonyl (C=O) groups excluding carboxylic acids is 5. The Kier molecular flexibility index (Phi) is 11.2. The third-order valence-electron chi connectivity index (χ3n) is 7.60. The Morgan fingerprint density at radius 3 is 2.00 bits per heavy atom. The Morgan fingerprint density at radius 2 is 1.42 bits per heavy atom. The number of nitrogens with zero attached hydrogens (tertiary/aromatic N) is 1. The molecule has 0 aromatic heterocycles. The van der Waals surface area contributed by atoms with Gasteiger partial charge in [0.25, 0.3) is 11.8 Å². The van der Waals surface area contributed by atoms with E-state index in [0.717, 1.165) is 22.3 Å². The third kappa shape index (κ3) is 8.01. The van der Waals surface area contributed by atoms with Crippen molar-refractivity contribution < 1.29 is 59.1 Å². The van der Waals surface area contributed by atoms with Gasteiger partial charge in [-0.3, -0.25) is 14.4 Å². The number of hydrogen-bond acceptors (Lipinski definition) is 12. The highest BCUT2D eigenvalue weighted by molar-refractivity contribution is 6.02. The molecule has 242 valence electrons. The number of hydrogen-bond donors (Lipinski definition) is 7. The van der Waals surface area contributed by atoms with Crippen LogP contribution in [-0.4, -0.2) is 111 Å². The van der Waals surface area contributed by atoms with Gasteiger partial charge in [-0.25, -0.2) is 9.59 Å². The summed E-state index contributed by atoms with van der Waals surface area (Å²) in [6, 6.07) is 13.8. The maximum atomic E-state index is 12.9. The van der Waals surface area contributed by atoms with Crippen molar-refractivity contribution in [2.24, 2.45) is 0 Å². The van der Waals surface area contributed by atoms with Gasteiger partial charge in [-0.05, 0) is 28.7 Å².